The van der Waals surface area contributed by atoms with E-state index in [9.17, 15) is 14.0 Å². The number of carbonyl (C=O) groups excluding carboxylic acids is 2. The first-order valence-electron chi connectivity index (χ1n) is 6.11. The van der Waals surface area contributed by atoms with E-state index in [1.807, 2.05) is 0 Å². The van der Waals surface area contributed by atoms with E-state index in [-0.39, 0.29) is 30.5 Å². The summed E-state index contributed by atoms with van der Waals surface area (Å²) in [5, 5.41) is 5.01. The number of rotatable bonds is 5. The van der Waals surface area contributed by atoms with Crippen molar-refractivity contribution in [1.29, 1.82) is 0 Å². The summed E-state index contributed by atoms with van der Waals surface area (Å²) in [6, 6.07) is 5.86. The van der Waals surface area contributed by atoms with Gasteiger partial charge < -0.3 is 15.1 Å². The zero-order chi connectivity index (χ0) is 15.2. The molecule has 5 nitrogen and oxygen atoms in total. The fourth-order valence-electron chi connectivity index (χ4n) is 1.59. The van der Waals surface area contributed by atoms with Gasteiger partial charge in [-0.05, 0) is 24.3 Å². The van der Waals surface area contributed by atoms with E-state index in [0.29, 0.717) is 10.0 Å². The van der Waals surface area contributed by atoms with Gasteiger partial charge in [0.1, 0.15) is 12.1 Å². The normalized spacial score (nSPS) is 10.2. The molecule has 0 saturated carbocycles. The number of carbonyl (C=O) groups is 2. The molecule has 0 saturated heterocycles. The van der Waals surface area contributed by atoms with Crippen LogP contribution in [-0.2, 0) is 4.79 Å². The van der Waals surface area contributed by atoms with E-state index < -0.39 is 5.82 Å². The van der Waals surface area contributed by atoms with Crippen molar-refractivity contribution in [3.05, 3.63) is 52.6 Å². The van der Waals surface area contributed by atoms with Gasteiger partial charge in [0.25, 0.3) is 5.91 Å². The lowest BCUT2D eigenvalue weighted by atomic mass is 10.3. The predicted octanol–water partition coefficient (Wildman–Crippen LogP) is 2.94. The van der Waals surface area contributed by atoms with Crippen LogP contribution in [0, 0.1) is 5.82 Å². The predicted molar refractivity (Wildman–Crippen MR) is 78.4 cm³/mol. The quantitative estimate of drug-likeness (QED) is 0.866. The molecular weight excluding hydrogens is 343 g/mol. The molecule has 2 amide bonds. The lowest BCUT2D eigenvalue weighted by molar-refractivity contribution is -0.116. The van der Waals surface area contributed by atoms with E-state index in [0.717, 1.165) is 0 Å². The third kappa shape index (κ3) is 4.42. The smallest absolute Gasteiger partial charge is 0.254 e. The van der Waals surface area contributed by atoms with Crippen LogP contribution in [0.3, 0.4) is 0 Å². The molecule has 21 heavy (non-hydrogen) atoms. The van der Waals surface area contributed by atoms with Gasteiger partial charge >= 0.3 is 0 Å². The molecule has 0 aliphatic carbocycles. The molecule has 0 radical (unpaired) electrons. The van der Waals surface area contributed by atoms with E-state index in [2.05, 4.69) is 26.6 Å². The molecule has 0 bridgehead atoms. The summed E-state index contributed by atoms with van der Waals surface area (Å²) >= 11 is 3.13. The van der Waals surface area contributed by atoms with Crippen molar-refractivity contribution in [2.24, 2.45) is 0 Å². The van der Waals surface area contributed by atoms with Gasteiger partial charge in [0, 0.05) is 17.4 Å². The van der Waals surface area contributed by atoms with Crippen LogP contribution in [0.2, 0.25) is 0 Å². The summed E-state index contributed by atoms with van der Waals surface area (Å²) < 4.78 is 18.9. The van der Waals surface area contributed by atoms with Gasteiger partial charge in [-0.15, -0.1) is 0 Å². The second kappa shape index (κ2) is 7.03. The molecule has 2 aromatic rings. The van der Waals surface area contributed by atoms with Gasteiger partial charge in [-0.3, -0.25) is 9.59 Å². The first kappa shape index (κ1) is 15.2. The molecule has 110 valence electrons. The third-order valence-corrected chi connectivity index (χ3v) is 3.12. The Morgan fingerprint density at radius 3 is 2.76 bits per heavy atom. The number of anilines is 1. The van der Waals surface area contributed by atoms with Crippen LogP contribution in [0.15, 0.2) is 45.7 Å². The van der Waals surface area contributed by atoms with Crippen molar-refractivity contribution in [2.75, 3.05) is 11.9 Å². The second-order valence-electron chi connectivity index (χ2n) is 4.19. The van der Waals surface area contributed by atoms with Crippen molar-refractivity contribution >= 4 is 33.4 Å². The first-order chi connectivity index (χ1) is 10.1. The highest BCUT2D eigenvalue weighted by Gasteiger charge is 2.09. The monoisotopic (exact) mass is 354 g/mol. The van der Waals surface area contributed by atoms with Gasteiger partial charge in [0.15, 0.2) is 0 Å². The average molecular weight is 355 g/mol. The Labute approximate surface area is 128 Å². The molecule has 7 heteroatoms. The van der Waals surface area contributed by atoms with Gasteiger partial charge in [0.05, 0.1) is 17.5 Å². The molecule has 1 heterocycles. The minimum absolute atomic E-state index is 0.0408. The van der Waals surface area contributed by atoms with Crippen LogP contribution in [-0.4, -0.2) is 18.4 Å². The van der Waals surface area contributed by atoms with Gasteiger partial charge in [-0.2, -0.15) is 0 Å². The Bertz CT molecular complexity index is 644. The highest BCUT2D eigenvalue weighted by molar-refractivity contribution is 9.10. The van der Waals surface area contributed by atoms with Crippen LogP contribution in [0.25, 0.3) is 0 Å². The summed E-state index contributed by atoms with van der Waals surface area (Å²) in [5.74, 6) is -1.24. The molecule has 2 N–H and O–H groups in total. The van der Waals surface area contributed by atoms with E-state index in [1.54, 1.807) is 6.07 Å². The fraction of sp³-hybridized carbons (Fsp3) is 0.143. The number of hydrogen-bond acceptors (Lipinski definition) is 3. The number of furan rings is 1. The van der Waals surface area contributed by atoms with Crippen molar-refractivity contribution < 1.29 is 18.4 Å². The van der Waals surface area contributed by atoms with Gasteiger partial charge in [-0.1, -0.05) is 15.9 Å². The van der Waals surface area contributed by atoms with E-state index >= 15 is 0 Å². The Hall–Kier alpha value is -2.15. The van der Waals surface area contributed by atoms with Crippen molar-refractivity contribution in [3.63, 3.8) is 0 Å². The SMILES string of the molecule is O=C(CCNC(=O)c1ccoc1)Nc1ccc(Br)cc1F. The summed E-state index contributed by atoms with van der Waals surface area (Å²) in [6.45, 7) is 0.147. The highest BCUT2D eigenvalue weighted by Crippen LogP contribution is 2.19. The first-order valence-corrected chi connectivity index (χ1v) is 6.91. The lowest BCUT2D eigenvalue weighted by Crippen LogP contribution is -2.27. The third-order valence-electron chi connectivity index (χ3n) is 2.63. The van der Waals surface area contributed by atoms with Crippen molar-refractivity contribution in [2.45, 2.75) is 6.42 Å². The van der Waals surface area contributed by atoms with Crippen LogP contribution in [0.4, 0.5) is 10.1 Å². The van der Waals surface area contributed by atoms with E-state index in [4.69, 9.17) is 4.42 Å². The van der Waals surface area contributed by atoms with Crippen LogP contribution in [0.1, 0.15) is 16.8 Å². The Morgan fingerprint density at radius 1 is 1.29 bits per heavy atom. The Kier molecular flexibility index (Phi) is 5.10. The molecule has 0 spiro atoms. The number of hydrogen-bond donors (Lipinski definition) is 2. The van der Waals surface area contributed by atoms with Gasteiger partial charge in [-0.25, -0.2) is 4.39 Å². The Morgan fingerprint density at radius 2 is 2.10 bits per heavy atom. The molecule has 0 unspecified atom stereocenters. The molecule has 0 aliphatic heterocycles. The summed E-state index contributed by atoms with van der Waals surface area (Å²) in [6.07, 6.45) is 2.74. The molecule has 1 aromatic carbocycles. The molecular formula is C14H12BrFN2O3. The second-order valence-corrected chi connectivity index (χ2v) is 5.11. The summed E-state index contributed by atoms with van der Waals surface area (Å²) in [7, 11) is 0. The fourth-order valence-corrected chi connectivity index (χ4v) is 1.92. The number of benzene rings is 1. The molecule has 1 aromatic heterocycles. The molecule has 2 rings (SSSR count). The highest BCUT2D eigenvalue weighted by atomic mass is 79.9. The van der Waals surface area contributed by atoms with Crippen molar-refractivity contribution in [3.8, 4) is 0 Å². The minimum atomic E-state index is -0.528. The molecule has 0 atom stereocenters. The lowest BCUT2D eigenvalue weighted by Gasteiger charge is -2.07. The number of amides is 2. The summed E-state index contributed by atoms with van der Waals surface area (Å²) in [5.41, 5.74) is 0.485. The zero-order valence-corrected chi connectivity index (χ0v) is 12.4. The standard InChI is InChI=1S/C14H12BrFN2O3/c15-10-1-2-12(11(16)7-10)18-13(19)3-5-17-14(20)9-4-6-21-8-9/h1-2,4,6-8H,3,5H2,(H,17,20)(H,18,19). The summed E-state index contributed by atoms with van der Waals surface area (Å²) in [4.78, 5) is 23.2. The topological polar surface area (TPSA) is 71.3 Å². The molecule has 0 fully saturated rings. The minimum Gasteiger partial charge on any atom is -0.472 e. The van der Waals surface area contributed by atoms with Gasteiger partial charge in [0.2, 0.25) is 5.91 Å². The van der Waals surface area contributed by atoms with Crippen LogP contribution in [0.5, 0.6) is 0 Å². The Balaban J connectivity index is 1.78. The zero-order valence-electron chi connectivity index (χ0n) is 10.9. The largest absolute Gasteiger partial charge is 0.472 e. The molecule has 0 aliphatic rings. The van der Waals surface area contributed by atoms with Crippen molar-refractivity contribution in [1.82, 2.24) is 5.32 Å². The average Bonchev–Trinajstić information content (AvgIpc) is 2.96. The maximum atomic E-state index is 13.5. The van der Waals surface area contributed by atoms with Crippen LogP contribution < -0.4 is 10.6 Å². The maximum Gasteiger partial charge on any atom is 0.254 e. The number of nitrogens with one attached hydrogen (secondary N) is 2. The van der Waals surface area contributed by atoms with E-state index in [1.165, 1.54) is 30.7 Å². The maximum absolute atomic E-state index is 13.5. The van der Waals surface area contributed by atoms with Crippen LogP contribution >= 0.6 is 15.9 Å². The number of halogens is 2.